The molecule has 0 aliphatic carbocycles. The Kier molecular flexibility index (Phi) is 8.44. The van der Waals surface area contributed by atoms with Gasteiger partial charge in [-0.2, -0.15) is 5.26 Å². The maximum absolute atomic E-state index is 13.4. The van der Waals surface area contributed by atoms with Crippen molar-refractivity contribution in [3.63, 3.8) is 0 Å². The summed E-state index contributed by atoms with van der Waals surface area (Å²) >= 11 is 1.28. The molecule has 9 nitrogen and oxygen atoms in total. The molecule has 5 aromatic rings. The summed E-state index contributed by atoms with van der Waals surface area (Å²) in [5, 5.41) is 13.6. The fraction of sp³-hybridized carbons (Fsp3) is 0.276. The zero-order chi connectivity index (χ0) is 27.6. The van der Waals surface area contributed by atoms with Crippen LogP contribution in [0, 0.1) is 17.1 Å². The van der Waals surface area contributed by atoms with Crippen LogP contribution < -0.4 is 16.0 Å². The maximum atomic E-state index is 13.4. The number of imidazole rings is 1. The Balaban J connectivity index is 0.00000337. The Bertz CT molecular complexity index is 1680. The molecule has 210 valence electrons. The predicted molar refractivity (Wildman–Crippen MR) is 162 cm³/mol. The minimum absolute atomic E-state index is 0. The van der Waals surface area contributed by atoms with Gasteiger partial charge in [0.15, 0.2) is 5.13 Å². The molecule has 4 aromatic heterocycles. The molecule has 0 atom stereocenters. The van der Waals surface area contributed by atoms with Crippen molar-refractivity contribution >= 4 is 40.5 Å². The Morgan fingerprint density at radius 3 is 2.44 bits per heavy atom. The van der Waals surface area contributed by atoms with Gasteiger partial charge < -0.3 is 20.4 Å². The van der Waals surface area contributed by atoms with Gasteiger partial charge in [0.25, 0.3) is 0 Å². The number of nitriles is 1. The summed E-state index contributed by atoms with van der Waals surface area (Å²) in [6.07, 6.45) is 8.46. The third kappa shape index (κ3) is 5.86. The molecule has 41 heavy (non-hydrogen) atoms. The molecule has 1 saturated heterocycles. The third-order valence-electron chi connectivity index (χ3n) is 7.18. The third-order valence-corrected chi connectivity index (χ3v) is 8.10. The number of pyridine rings is 1. The molecule has 0 bridgehead atoms. The van der Waals surface area contributed by atoms with Crippen LogP contribution in [-0.4, -0.2) is 43.5 Å². The van der Waals surface area contributed by atoms with E-state index in [1.165, 1.54) is 23.5 Å². The summed E-state index contributed by atoms with van der Waals surface area (Å²) in [5.74, 6) is 0.405. The van der Waals surface area contributed by atoms with Crippen LogP contribution in [0.25, 0.3) is 28.0 Å². The highest BCUT2D eigenvalue weighted by atomic mass is 35.5. The van der Waals surface area contributed by atoms with Crippen molar-refractivity contribution in [3.05, 3.63) is 77.1 Å². The van der Waals surface area contributed by atoms with Gasteiger partial charge in [-0.1, -0.05) is 18.3 Å². The molecule has 1 aliphatic rings. The van der Waals surface area contributed by atoms with Crippen LogP contribution in [0.2, 0.25) is 0 Å². The number of nitrogens with two attached hydrogens (primary N) is 1. The maximum Gasteiger partial charge on any atom is 0.225 e. The first-order chi connectivity index (χ1) is 19.5. The van der Waals surface area contributed by atoms with Crippen molar-refractivity contribution in [3.8, 4) is 28.5 Å². The van der Waals surface area contributed by atoms with Gasteiger partial charge in [0.05, 0.1) is 17.9 Å². The number of piperidine rings is 1. The highest BCUT2D eigenvalue weighted by Crippen LogP contribution is 2.31. The van der Waals surface area contributed by atoms with E-state index >= 15 is 0 Å². The van der Waals surface area contributed by atoms with Crippen molar-refractivity contribution in [1.29, 1.82) is 5.26 Å². The van der Waals surface area contributed by atoms with Crippen LogP contribution in [0.3, 0.4) is 0 Å². The lowest BCUT2D eigenvalue weighted by molar-refractivity contribution is 0.495. The molecule has 12 heteroatoms. The molecule has 1 aliphatic heterocycles. The normalized spacial score (nSPS) is 13.7. The van der Waals surface area contributed by atoms with E-state index in [-0.39, 0.29) is 24.3 Å². The molecule has 5 heterocycles. The average Bonchev–Trinajstić information content (AvgIpc) is 3.57. The number of aromatic nitrogens is 5. The van der Waals surface area contributed by atoms with Gasteiger partial charge in [-0.05, 0) is 55.7 Å². The van der Waals surface area contributed by atoms with E-state index < -0.39 is 0 Å². The number of nitrogens with zero attached hydrogens (tertiary/aromatic N) is 7. The minimum atomic E-state index is -0.329. The number of thiazole rings is 1. The van der Waals surface area contributed by atoms with Crippen LogP contribution >= 0.6 is 23.7 Å². The molecule has 0 saturated carbocycles. The van der Waals surface area contributed by atoms with Crippen molar-refractivity contribution in [1.82, 2.24) is 24.3 Å². The second-order valence-corrected chi connectivity index (χ2v) is 10.8. The van der Waals surface area contributed by atoms with Gasteiger partial charge in [-0.25, -0.2) is 24.3 Å². The van der Waals surface area contributed by atoms with Crippen LogP contribution in [0.1, 0.15) is 36.0 Å². The highest BCUT2D eigenvalue weighted by Gasteiger charge is 2.19. The molecule has 1 fully saturated rings. The van der Waals surface area contributed by atoms with E-state index in [2.05, 4.69) is 48.8 Å². The Morgan fingerprint density at radius 1 is 1.05 bits per heavy atom. The molecular formula is C29H29ClFN9S. The second kappa shape index (κ2) is 12.2. The monoisotopic (exact) mass is 589 g/mol. The quantitative estimate of drug-likeness (QED) is 0.257. The fourth-order valence-corrected chi connectivity index (χ4v) is 5.73. The van der Waals surface area contributed by atoms with E-state index in [4.69, 9.17) is 10.7 Å². The number of rotatable bonds is 7. The van der Waals surface area contributed by atoms with Crippen molar-refractivity contribution < 1.29 is 4.39 Å². The summed E-state index contributed by atoms with van der Waals surface area (Å²) in [6, 6.07) is 12.5. The van der Waals surface area contributed by atoms with Gasteiger partial charge in [0.2, 0.25) is 5.95 Å². The lowest BCUT2D eigenvalue weighted by Gasteiger charge is -2.30. The van der Waals surface area contributed by atoms with Crippen LogP contribution in [0.5, 0.6) is 0 Å². The van der Waals surface area contributed by atoms with Crippen molar-refractivity contribution in [2.24, 2.45) is 5.73 Å². The van der Waals surface area contributed by atoms with Crippen LogP contribution in [0.15, 0.2) is 55.0 Å². The molecule has 1 aromatic carbocycles. The molecule has 0 radical (unpaired) electrons. The minimum Gasteiger partial charge on any atom is -0.356 e. The largest absolute Gasteiger partial charge is 0.356 e. The molecule has 3 N–H and O–H groups in total. The highest BCUT2D eigenvalue weighted by molar-refractivity contribution is 7.16. The predicted octanol–water partition coefficient (Wildman–Crippen LogP) is 5.45. The van der Waals surface area contributed by atoms with Gasteiger partial charge in [-0.15, -0.1) is 12.4 Å². The molecule has 6 rings (SSSR count). The van der Waals surface area contributed by atoms with Gasteiger partial charge >= 0.3 is 0 Å². The summed E-state index contributed by atoms with van der Waals surface area (Å²) < 4.78 is 15.5. The topological polar surface area (TPSA) is 121 Å². The Morgan fingerprint density at radius 2 is 1.76 bits per heavy atom. The van der Waals surface area contributed by atoms with Crippen LogP contribution in [0.4, 0.5) is 15.5 Å². The number of fused-ring (bicyclic) bond motifs is 1. The first-order valence-electron chi connectivity index (χ1n) is 13.3. The molecule has 0 amide bonds. The van der Waals surface area contributed by atoms with E-state index in [9.17, 15) is 9.65 Å². The second-order valence-electron chi connectivity index (χ2n) is 9.77. The van der Waals surface area contributed by atoms with E-state index in [0.717, 1.165) is 66.5 Å². The standard InChI is InChI=1S/C29H28FN9S.ClH/c1-2-23-24(16-35-29-37-27(25(13-31)40-29)18-3-6-21(30)7-4-18)39-17-19(5-8-26(39)36-23)20-14-33-28(34-15-20)38-11-9-22(32)10-12-38;/h3-8,14-15,17,22H,2,9-12,16,32H2,1H3,(H,35,37);1H. The first-order valence-corrected chi connectivity index (χ1v) is 14.1. The van der Waals surface area contributed by atoms with Gasteiger partial charge in [-0.3, -0.25) is 0 Å². The Labute approximate surface area is 247 Å². The lowest BCUT2D eigenvalue weighted by Crippen LogP contribution is -2.40. The fourth-order valence-electron chi connectivity index (χ4n) is 4.95. The summed E-state index contributed by atoms with van der Waals surface area (Å²) in [5.41, 5.74) is 12.0. The number of aryl methyl sites for hydroxylation is 1. The molecular weight excluding hydrogens is 561 g/mol. The Hall–Kier alpha value is -4.11. The smallest absolute Gasteiger partial charge is 0.225 e. The SMILES string of the molecule is CCc1nc2ccc(-c3cnc(N4CCC(N)CC4)nc3)cn2c1CNc1nc(-c2ccc(F)cc2)c(C#N)s1.Cl. The lowest BCUT2D eigenvalue weighted by atomic mass is 10.1. The number of halogens is 2. The average molecular weight is 590 g/mol. The number of hydrogen-bond acceptors (Lipinski definition) is 9. The summed E-state index contributed by atoms with van der Waals surface area (Å²) in [7, 11) is 0. The molecule has 0 spiro atoms. The zero-order valence-corrected chi connectivity index (χ0v) is 24.1. The van der Waals surface area contributed by atoms with Crippen molar-refractivity contribution in [2.75, 3.05) is 23.3 Å². The van der Waals surface area contributed by atoms with E-state index in [0.29, 0.717) is 27.8 Å². The number of benzene rings is 1. The van der Waals surface area contributed by atoms with Gasteiger partial charge in [0, 0.05) is 54.4 Å². The zero-order valence-electron chi connectivity index (χ0n) is 22.4. The van der Waals surface area contributed by atoms with Gasteiger partial charge in [0.1, 0.15) is 28.1 Å². The van der Waals surface area contributed by atoms with Crippen LogP contribution in [-0.2, 0) is 13.0 Å². The number of nitrogens with one attached hydrogen (secondary N) is 1. The summed E-state index contributed by atoms with van der Waals surface area (Å²) in [6.45, 7) is 4.30. The number of hydrogen-bond donors (Lipinski definition) is 2. The number of anilines is 2. The van der Waals surface area contributed by atoms with Crippen molar-refractivity contribution in [2.45, 2.75) is 38.8 Å². The van der Waals surface area contributed by atoms with E-state index in [1.807, 2.05) is 24.5 Å². The molecule has 0 unspecified atom stereocenters. The summed E-state index contributed by atoms with van der Waals surface area (Å²) in [4.78, 5) is 21.4. The first kappa shape index (κ1) is 28.4. The van der Waals surface area contributed by atoms with E-state index in [1.54, 1.807) is 12.1 Å².